The minimum Gasteiger partial charge on any atom is -0.507 e. The number of phenols is 1. The third-order valence-corrected chi connectivity index (χ3v) is 11.7. The van der Waals surface area contributed by atoms with Gasteiger partial charge in [0.15, 0.2) is 16.8 Å². The van der Waals surface area contributed by atoms with E-state index in [4.69, 9.17) is 18.6 Å². The number of esters is 1. The van der Waals surface area contributed by atoms with Crippen LogP contribution in [0.3, 0.4) is 0 Å². The molecular formula is C41H50N2O10. The molecule has 3 aromatic rings. The minimum absolute atomic E-state index is 0.00579. The number of ketones is 2. The SMILES string of the molecule is C/C=C(/C)c1cc(=O)c2c(C)cc3c(c2o1)C(=O)c1c(O)c([C@H]2C[C@](C)(N(C)C)[C@H](OC(C)=O)[C@H](C)O2)cc([C@H]2C[C@H](N(C)C)[C@H](O)[C@@H](C)O2)c1C3=O. The Morgan fingerprint density at radius 2 is 1.60 bits per heavy atom. The number of carbonyl (C=O) groups is 3. The molecule has 3 aliphatic rings. The van der Waals surface area contributed by atoms with Crippen LogP contribution in [-0.2, 0) is 19.0 Å². The highest BCUT2D eigenvalue weighted by molar-refractivity contribution is 6.33. The maximum atomic E-state index is 15.0. The third kappa shape index (κ3) is 6.24. The van der Waals surface area contributed by atoms with Gasteiger partial charge in [0.05, 0.1) is 52.6 Å². The molecule has 6 rings (SSSR count). The summed E-state index contributed by atoms with van der Waals surface area (Å²) in [7, 11) is 7.46. The predicted molar refractivity (Wildman–Crippen MR) is 198 cm³/mol. The number of rotatable bonds is 6. The summed E-state index contributed by atoms with van der Waals surface area (Å²) in [6.07, 6.45) is -1.99. The Labute approximate surface area is 309 Å². The van der Waals surface area contributed by atoms with E-state index in [1.54, 1.807) is 46.8 Å². The fourth-order valence-electron chi connectivity index (χ4n) is 8.39. The Hall–Kier alpha value is -4.20. The van der Waals surface area contributed by atoms with E-state index in [2.05, 4.69) is 0 Å². The number of likely N-dealkylation sites (N-methyl/N-ethyl adjacent to an activating group) is 2. The number of allylic oxidation sites excluding steroid dienone is 2. The molecule has 2 aromatic carbocycles. The van der Waals surface area contributed by atoms with Gasteiger partial charge in [0, 0.05) is 35.7 Å². The Balaban J connectivity index is 1.63. The zero-order valence-electron chi connectivity index (χ0n) is 32.3. The lowest BCUT2D eigenvalue weighted by atomic mass is 9.74. The molecule has 1 aliphatic carbocycles. The van der Waals surface area contributed by atoms with E-state index in [0.717, 1.165) is 0 Å². The van der Waals surface area contributed by atoms with E-state index in [9.17, 15) is 24.6 Å². The molecule has 1 aromatic heterocycles. The molecule has 0 spiro atoms. The maximum absolute atomic E-state index is 15.0. The number of aliphatic hydroxyl groups excluding tert-OH is 1. The van der Waals surface area contributed by atoms with Crippen LogP contribution in [0.5, 0.6) is 5.75 Å². The van der Waals surface area contributed by atoms with E-state index >= 15 is 4.79 Å². The predicted octanol–water partition coefficient (Wildman–Crippen LogP) is 5.25. The monoisotopic (exact) mass is 730 g/mol. The number of hydrogen-bond donors (Lipinski definition) is 2. The fraction of sp³-hybridized carbons (Fsp3) is 0.512. The number of carbonyl (C=O) groups excluding carboxylic acids is 3. The van der Waals surface area contributed by atoms with E-state index < -0.39 is 65.4 Å². The average molecular weight is 731 g/mol. The molecule has 3 heterocycles. The van der Waals surface area contributed by atoms with E-state index in [0.29, 0.717) is 16.7 Å². The van der Waals surface area contributed by atoms with Crippen LogP contribution in [-0.4, -0.2) is 102 Å². The molecule has 12 nitrogen and oxygen atoms in total. The molecule has 53 heavy (non-hydrogen) atoms. The Morgan fingerprint density at radius 1 is 0.943 bits per heavy atom. The van der Waals surface area contributed by atoms with Crippen LogP contribution in [0, 0.1) is 6.92 Å². The number of aliphatic hydroxyl groups is 1. The van der Waals surface area contributed by atoms with Gasteiger partial charge in [-0.25, -0.2) is 0 Å². The summed E-state index contributed by atoms with van der Waals surface area (Å²) in [6, 6.07) is 4.25. The van der Waals surface area contributed by atoms with Crippen molar-refractivity contribution < 1.29 is 43.2 Å². The van der Waals surface area contributed by atoms with Crippen LogP contribution < -0.4 is 5.43 Å². The smallest absolute Gasteiger partial charge is 0.303 e. The van der Waals surface area contributed by atoms with Crippen molar-refractivity contribution in [2.45, 2.75) is 110 Å². The molecular weight excluding hydrogens is 680 g/mol. The van der Waals surface area contributed by atoms with Crippen molar-refractivity contribution in [3.8, 4) is 5.75 Å². The number of phenolic OH excluding ortho intramolecular Hbond substituents is 1. The lowest BCUT2D eigenvalue weighted by Gasteiger charge is -2.50. The number of aromatic hydroxyl groups is 1. The summed E-state index contributed by atoms with van der Waals surface area (Å²) in [5.41, 5.74) is 0.343. The van der Waals surface area contributed by atoms with Crippen molar-refractivity contribution in [1.29, 1.82) is 0 Å². The summed E-state index contributed by atoms with van der Waals surface area (Å²) in [5, 5.41) is 23.5. The van der Waals surface area contributed by atoms with Crippen LogP contribution in [0.25, 0.3) is 16.5 Å². The normalized spacial score (nSPS) is 29.1. The second-order valence-corrected chi connectivity index (χ2v) is 15.5. The average Bonchev–Trinajstić information content (AvgIpc) is 3.08. The van der Waals surface area contributed by atoms with Crippen LogP contribution in [0.4, 0.5) is 0 Å². The van der Waals surface area contributed by atoms with E-state index in [1.165, 1.54) is 19.1 Å². The Bertz CT molecular complexity index is 2120. The van der Waals surface area contributed by atoms with E-state index in [1.807, 2.05) is 44.9 Å². The second kappa shape index (κ2) is 13.9. The van der Waals surface area contributed by atoms with Crippen LogP contribution in [0.2, 0.25) is 0 Å². The van der Waals surface area contributed by atoms with Crippen LogP contribution in [0.1, 0.15) is 121 Å². The molecule has 0 saturated carbocycles. The number of ether oxygens (including phenoxy) is 3. The largest absolute Gasteiger partial charge is 0.507 e. The number of hydrogen-bond acceptors (Lipinski definition) is 12. The summed E-state index contributed by atoms with van der Waals surface area (Å²) in [5.74, 6) is -1.83. The van der Waals surface area contributed by atoms with Crippen molar-refractivity contribution in [3.63, 3.8) is 0 Å². The van der Waals surface area contributed by atoms with Gasteiger partial charge in [-0.05, 0) is 111 Å². The summed E-state index contributed by atoms with van der Waals surface area (Å²) in [4.78, 5) is 59.4. The molecule has 12 heteroatoms. The van der Waals surface area contributed by atoms with Crippen molar-refractivity contribution in [2.75, 3.05) is 28.2 Å². The van der Waals surface area contributed by atoms with Gasteiger partial charge in [-0.1, -0.05) is 6.08 Å². The number of fused-ring (bicyclic) bond motifs is 4. The van der Waals surface area contributed by atoms with Gasteiger partial charge in [0.25, 0.3) is 0 Å². The number of benzene rings is 2. The van der Waals surface area contributed by atoms with Gasteiger partial charge in [-0.15, -0.1) is 0 Å². The Kier molecular flexibility index (Phi) is 10.1. The van der Waals surface area contributed by atoms with Gasteiger partial charge in [0.1, 0.15) is 17.6 Å². The van der Waals surface area contributed by atoms with Crippen molar-refractivity contribution in [2.24, 2.45) is 0 Å². The summed E-state index contributed by atoms with van der Waals surface area (Å²) < 4.78 is 25.0. The van der Waals surface area contributed by atoms with Gasteiger partial charge in [-0.2, -0.15) is 0 Å². The molecule has 2 aliphatic heterocycles. The molecule has 0 bridgehead atoms. The number of aryl methyl sites for hydroxylation is 1. The molecule has 284 valence electrons. The summed E-state index contributed by atoms with van der Waals surface area (Å²) in [6.45, 7) is 12.1. The summed E-state index contributed by atoms with van der Waals surface area (Å²) >= 11 is 0. The first kappa shape index (κ1) is 38.5. The molecule has 2 fully saturated rings. The third-order valence-electron chi connectivity index (χ3n) is 11.7. The standard InChI is InChI=1S/C41H50N2O10/c1-12-18(2)28-16-27(45)31-19(3)13-25-33(39(31)53-28)38(49)34-32(37(25)48)23(29-15-26(42(8)9)35(46)20(4)50-29)14-24(36(34)47)30-17-41(7,43(10)11)40(21(5)51-30)52-22(6)44/h12-14,16,20-21,26,29-30,35,40,46-47H,15,17H2,1-11H3/b18-12-/t20-,21+,26+,29-,30-,35-,40-,41+/m1/s1. The maximum Gasteiger partial charge on any atom is 0.303 e. The van der Waals surface area contributed by atoms with Crippen LogP contribution >= 0.6 is 0 Å². The van der Waals surface area contributed by atoms with Crippen molar-refractivity contribution in [1.82, 2.24) is 9.80 Å². The fourth-order valence-corrected chi connectivity index (χ4v) is 8.39. The quantitative estimate of drug-likeness (QED) is 0.249. The lowest BCUT2D eigenvalue weighted by molar-refractivity contribution is -0.201. The topological polar surface area (TPSA) is 156 Å². The molecule has 0 radical (unpaired) electrons. The highest BCUT2D eigenvalue weighted by Crippen LogP contribution is 2.50. The molecule has 0 amide bonds. The number of nitrogens with zero attached hydrogens (tertiary/aromatic N) is 2. The highest BCUT2D eigenvalue weighted by Gasteiger charge is 2.51. The Morgan fingerprint density at radius 3 is 2.21 bits per heavy atom. The van der Waals surface area contributed by atoms with Gasteiger partial charge < -0.3 is 38.6 Å². The first-order valence-corrected chi connectivity index (χ1v) is 18.1. The first-order valence-electron chi connectivity index (χ1n) is 18.1. The zero-order chi connectivity index (χ0) is 39.0. The van der Waals surface area contributed by atoms with Gasteiger partial charge in [0.2, 0.25) is 5.78 Å². The van der Waals surface area contributed by atoms with Gasteiger partial charge >= 0.3 is 5.97 Å². The highest BCUT2D eigenvalue weighted by atomic mass is 16.6. The molecule has 2 saturated heterocycles. The van der Waals surface area contributed by atoms with E-state index in [-0.39, 0.29) is 68.9 Å². The van der Waals surface area contributed by atoms with Crippen molar-refractivity contribution >= 4 is 34.1 Å². The molecule has 2 N–H and O–H groups in total. The minimum atomic E-state index is -0.819. The van der Waals surface area contributed by atoms with Gasteiger partial charge in [-0.3, -0.25) is 19.2 Å². The first-order chi connectivity index (χ1) is 24.8. The van der Waals surface area contributed by atoms with Crippen LogP contribution in [0.15, 0.2) is 33.5 Å². The molecule has 0 unspecified atom stereocenters. The lowest BCUT2D eigenvalue weighted by Crippen LogP contribution is -2.61. The second-order valence-electron chi connectivity index (χ2n) is 15.5. The molecule has 8 atom stereocenters. The van der Waals surface area contributed by atoms with Crippen molar-refractivity contribution in [3.05, 3.63) is 79.2 Å². The zero-order valence-corrected chi connectivity index (χ0v) is 32.3.